The van der Waals surface area contributed by atoms with Gasteiger partial charge in [-0.15, -0.1) is 0 Å². The summed E-state index contributed by atoms with van der Waals surface area (Å²) >= 11 is 12.5. The average Bonchev–Trinajstić information content (AvgIpc) is 3.69. The Balaban J connectivity index is 1.23. The fourth-order valence-electron chi connectivity index (χ4n) is 6.16. The number of urea groups is 1. The molecule has 0 saturated carbocycles. The summed E-state index contributed by atoms with van der Waals surface area (Å²) in [5.41, 5.74) is 1.75. The smallest absolute Gasteiger partial charge is 0.318 e. The van der Waals surface area contributed by atoms with Crippen LogP contribution in [0, 0.1) is 5.82 Å². The van der Waals surface area contributed by atoms with E-state index in [9.17, 15) is 14.0 Å². The number of likely N-dealkylation sites (tertiary alicyclic amines) is 3. The van der Waals surface area contributed by atoms with Crippen molar-refractivity contribution >= 4 is 35.1 Å². The van der Waals surface area contributed by atoms with E-state index in [0.717, 1.165) is 56.4 Å². The van der Waals surface area contributed by atoms with Gasteiger partial charge in [0.2, 0.25) is 5.91 Å². The highest BCUT2D eigenvalue weighted by Crippen LogP contribution is 2.35. The molecule has 7 nitrogen and oxygen atoms in total. The Hall–Kier alpha value is -2.55. The molecule has 0 unspecified atom stereocenters. The van der Waals surface area contributed by atoms with Crippen molar-refractivity contribution in [3.8, 4) is 5.75 Å². The molecule has 222 valence electrons. The molecule has 0 spiro atoms. The van der Waals surface area contributed by atoms with Crippen LogP contribution >= 0.6 is 23.2 Å². The van der Waals surface area contributed by atoms with Crippen LogP contribution in [0.4, 0.5) is 9.18 Å². The predicted molar refractivity (Wildman–Crippen MR) is 159 cm³/mol. The first-order chi connectivity index (χ1) is 19.9. The molecule has 3 saturated heterocycles. The molecule has 5 rings (SSSR count). The molecule has 3 fully saturated rings. The minimum Gasteiger partial charge on any atom is -0.492 e. The van der Waals surface area contributed by atoms with Gasteiger partial charge < -0.3 is 19.9 Å². The van der Waals surface area contributed by atoms with Gasteiger partial charge >= 0.3 is 6.03 Å². The van der Waals surface area contributed by atoms with E-state index in [4.69, 9.17) is 27.9 Å². The number of rotatable bonds is 9. The molecule has 0 radical (unpaired) electrons. The van der Waals surface area contributed by atoms with Crippen molar-refractivity contribution in [3.63, 3.8) is 0 Å². The van der Waals surface area contributed by atoms with E-state index in [1.54, 1.807) is 23.1 Å². The molecule has 1 N–H and O–H groups in total. The van der Waals surface area contributed by atoms with Gasteiger partial charge in [-0.1, -0.05) is 35.3 Å². The standard InChI is InChI=1S/C31H39Cl2FN4O3/c32-24-6-5-23(27(33)20-24)19-28(35-31(40)38-13-3-4-14-38)30(39)37-15-9-22(10-16-37)26-8-7-25(34)21-29(26)41-18-17-36-11-1-2-12-36/h5-8,20-22,28H,1-4,9-19H2,(H,35,40)/t28-/m1/s1. The first kappa shape index (κ1) is 29.9. The lowest BCUT2D eigenvalue weighted by Gasteiger charge is -2.35. The average molecular weight is 606 g/mol. The van der Waals surface area contributed by atoms with Gasteiger partial charge in [-0.25, -0.2) is 9.18 Å². The van der Waals surface area contributed by atoms with Crippen LogP contribution in [-0.2, 0) is 11.2 Å². The van der Waals surface area contributed by atoms with Crippen molar-refractivity contribution in [1.29, 1.82) is 0 Å². The van der Waals surface area contributed by atoms with Crippen molar-refractivity contribution in [1.82, 2.24) is 20.0 Å². The van der Waals surface area contributed by atoms with Gasteiger partial charge in [-0.2, -0.15) is 0 Å². The van der Waals surface area contributed by atoms with Crippen LogP contribution in [-0.4, -0.2) is 85.1 Å². The molecule has 0 bridgehead atoms. The van der Waals surface area contributed by atoms with E-state index in [0.29, 0.717) is 48.6 Å². The summed E-state index contributed by atoms with van der Waals surface area (Å²) in [4.78, 5) is 32.7. The summed E-state index contributed by atoms with van der Waals surface area (Å²) in [7, 11) is 0. The molecule has 3 heterocycles. The highest BCUT2D eigenvalue weighted by molar-refractivity contribution is 6.35. The molecule has 2 aromatic rings. The molecule has 1 atom stereocenters. The quantitative estimate of drug-likeness (QED) is 0.397. The summed E-state index contributed by atoms with van der Waals surface area (Å²) in [5, 5.41) is 3.98. The van der Waals surface area contributed by atoms with E-state index < -0.39 is 6.04 Å². The number of halogens is 3. The van der Waals surface area contributed by atoms with Crippen molar-refractivity contribution < 1.29 is 18.7 Å². The van der Waals surface area contributed by atoms with Crippen LogP contribution in [0.2, 0.25) is 10.0 Å². The number of nitrogens with zero attached hydrogens (tertiary/aromatic N) is 3. The Morgan fingerprint density at radius 1 is 0.927 bits per heavy atom. The number of carbonyl (C=O) groups is 2. The van der Waals surface area contributed by atoms with Gasteiger partial charge in [0.1, 0.15) is 24.2 Å². The zero-order valence-corrected chi connectivity index (χ0v) is 24.9. The molecule has 41 heavy (non-hydrogen) atoms. The first-order valence-electron chi connectivity index (χ1n) is 14.8. The largest absolute Gasteiger partial charge is 0.492 e. The molecule has 3 aliphatic heterocycles. The second kappa shape index (κ2) is 14.1. The number of nitrogens with one attached hydrogen (secondary N) is 1. The van der Waals surface area contributed by atoms with Gasteiger partial charge in [-0.3, -0.25) is 9.69 Å². The van der Waals surface area contributed by atoms with Gasteiger partial charge in [0.25, 0.3) is 0 Å². The molecule has 0 aromatic heterocycles. The third kappa shape index (κ3) is 7.85. The zero-order valence-electron chi connectivity index (χ0n) is 23.4. The van der Waals surface area contributed by atoms with Crippen molar-refractivity contribution in [2.45, 2.75) is 56.9 Å². The Morgan fingerprint density at radius 2 is 1.63 bits per heavy atom. The lowest BCUT2D eigenvalue weighted by molar-refractivity contribution is -0.134. The number of amides is 3. The van der Waals surface area contributed by atoms with Crippen LogP contribution in [0.25, 0.3) is 0 Å². The van der Waals surface area contributed by atoms with Crippen LogP contribution in [0.5, 0.6) is 5.75 Å². The maximum absolute atomic E-state index is 14.1. The highest BCUT2D eigenvalue weighted by atomic mass is 35.5. The molecular weight excluding hydrogens is 566 g/mol. The first-order valence-corrected chi connectivity index (χ1v) is 15.6. The SMILES string of the molecule is O=C(N[C@H](Cc1ccc(Cl)cc1Cl)C(=O)N1CCC(c2ccc(F)cc2OCCN2CCCC2)CC1)N1CCCC1. The number of ether oxygens (including phenoxy) is 1. The number of hydrogen-bond acceptors (Lipinski definition) is 4. The summed E-state index contributed by atoms with van der Waals surface area (Å²) in [6, 6.07) is 9.03. The van der Waals surface area contributed by atoms with Crippen LogP contribution < -0.4 is 10.1 Å². The highest BCUT2D eigenvalue weighted by Gasteiger charge is 2.32. The molecule has 0 aliphatic carbocycles. The van der Waals surface area contributed by atoms with E-state index in [2.05, 4.69) is 10.2 Å². The number of benzene rings is 2. The molecule has 3 amide bonds. The maximum Gasteiger partial charge on any atom is 0.318 e. The summed E-state index contributed by atoms with van der Waals surface area (Å²) in [6.07, 6.45) is 6.12. The van der Waals surface area contributed by atoms with Crippen LogP contribution in [0.15, 0.2) is 36.4 Å². The van der Waals surface area contributed by atoms with Gasteiger partial charge in [-0.05, 0) is 86.9 Å². The lowest BCUT2D eigenvalue weighted by Crippen LogP contribution is -2.54. The van der Waals surface area contributed by atoms with E-state index >= 15 is 0 Å². The van der Waals surface area contributed by atoms with E-state index in [1.807, 2.05) is 11.0 Å². The van der Waals surface area contributed by atoms with Gasteiger partial charge in [0, 0.05) is 55.3 Å². The summed E-state index contributed by atoms with van der Waals surface area (Å²) < 4.78 is 20.2. The Labute approximate surface area is 251 Å². The zero-order chi connectivity index (χ0) is 28.8. The van der Waals surface area contributed by atoms with Crippen LogP contribution in [0.3, 0.4) is 0 Å². The molecule has 3 aliphatic rings. The van der Waals surface area contributed by atoms with Crippen LogP contribution in [0.1, 0.15) is 55.6 Å². The lowest BCUT2D eigenvalue weighted by atomic mass is 9.88. The van der Waals surface area contributed by atoms with Gasteiger partial charge in [0.15, 0.2) is 0 Å². The minimum atomic E-state index is -0.742. The second-order valence-corrected chi connectivity index (χ2v) is 12.2. The maximum atomic E-state index is 14.1. The summed E-state index contributed by atoms with van der Waals surface area (Å²) in [6.45, 7) is 6.02. The Morgan fingerprint density at radius 3 is 2.34 bits per heavy atom. The molecule has 2 aromatic carbocycles. The monoisotopic (exact) mass is 604 g/mol. The topological polar surface area (TPSA) is 65.1 Å². The normalized spacial score (nSPS) is 19.0. The predicted octanol–water partition coefficient (Wildman–Crippen LogP) is 5.73. The fourth-order valence-corrected chi connectivity index (χ4v) is 6.65. The van der Waals surface area contributed by atoms with Crippen molar-refractivity contribution in [2.75, 3.05) is 52.4 Å². The third-order valence-electron chi connectivity index (χ3n) is 8.51. The fraction of sp³-hybridized carbons (Fsp3) is 0.548. The Bertz CT molecular complexity index is 1210. The van der Waals surface area contributed by atoms with E-state index in [1.165, 1.54) is 25.0 Å². The van der Waals surface area contributed by atoms with E-state index in [-0.39, 0.29) is 30.1 Å². The third-order valence-corrected chi connectivity index (χ3v) is 9.10. The van der Waals surface area contributed by atoms with Crippen molar-refractivity contribution in [3.05, 3.63) is 63.4 Å². The number of hydrogen-bond donors (Lipinski definition) is 1. The molecule has 10 heteroatoms. The number of piperidine rings is 1. The molecular formula is C31H39Cl2FN4O3. The Kier molecular flexibility index (Phi) is 10.3. The van der Waals surface area contributed by atoms with Crippen molar-refractivity contribution in [2.24, 2.45) is 0 Å². The second-order valence-electron chi connectivity index (χ2n) is 11.3. The van der Waals surface area contributed by atoms with Gasteiger partial charge in [0.05, 0.1) is 0 Å². The minimum absolute atomic E-state index is 0.122. The number of carbonyl (C=O) groups excluding carboxylic acids is 2. The summed E-state index contributed by atoms with van der Waals surface area (Å²) in [5.74, 6) is 0.324.